The second kappa shape index (κ2) is 11.2. The van der Waals surface area contributed by atoms with Crippen molar-refractivity contribution < 1.29 is 9.53 Å². The molecule has 2 aliphatic rings. The molecule has 0 atom stereocenters. The third kappa shape index (κ3) is 5.46. The normalized spacial score (nSPS) is 16.7. The Kier molecular flexibility index (Phi) is 7.18. The number of hydrazone groups is 1. The zero-order chi connectivity index (χ0) is 26.6. The zero-order valence-electron chi connectivity index (χ0n) is 22.0. The molecule has 10 nitrogen and oxygen atoms in total. The van der Waals surface area contributed by atoms with Crippen LogP contribution in [0.5, 0.6) is 0 Å². The molecule has 2 saturated heterocycles. The smallest absolute Gasteiger partial charge is 0.253 e. The van der Waals surface area contributed by atoms with E-state index < -0.39 is 0 Å². The van der Waals surface area contributed by atoms with Crippen LogP contribution in [0.4, 0.5) is 11.8 Å². The average Bonchev–Trinajstić information content (AvgIpc) is 3.42. The van der Waals surface area contributed by atoms with Crippen molar-refractivity contribution in [3.63, 3.8) is 0 Å². The molecule has 0 unspecified atom stereocenters. The van der Waals surface area contributed by atoms with Crippen molar-refractivity contribution in [2.24, 2.45) is 5.10 Å². The van der Waals surface area contributed by atoms with Gasteiger partial charge >= 0.3 is 0 Å². The minimum Gasteiger partial charge on any atom is -0.378 e. The largest absolute Gasteiger partial charge is 0.378 e. The summed E-state index contributed by atoms with van der Waals surface area (Å²) in [7, 11) is 0. The number of amides is 1. The zero-order valence-corrected chi connectivity index (χ0v) is 22.0. The molecule has 0 radical (unpaired) electrons. The van der Waals surface area contributed by atoms with Crippen LogP contribution in [-0.4, -0.2) is 75.9 Å². The van der Waals surface area contributed by atoms with Gasteiger partial charge in [0.05, 0.1) is 25.8 Å². The fourth-order valence-corrected chi connectivity index (χ4v) is 5.18. The summed E-state index contributed by atoms with van der Waals surface area (Å²) in [6, 6.07) is 17.8. The number of rotatable bonds is 6. The number of hydrogen-bond donors (Lipinski definition) is 1. The molecule has 2 fully saturated rings. The Balaban J connectivity index is 1.26. The molecular weight excluding hydrogens is 492 g/mol. The number of nitrogens with zero attached hydrogens (tertiary/aromatic N) is 7. The van der Waals surface area contributed by atoms with Gasteiger partial charge in [0.2, 0.25) is 5.95 Å². The summed E-state index contributed by atoms with van der Waals surface area (Å²) in [5.74, 6) is 1.29. The molecule has 10 heteroatoms. The van der Waals surface area contributed by atoms with E-state index in [0.29, 0.717) is 43.6 Å². The Hall–Kier alpha value is -4.31. The summed E-state index contributed by atoms with van der Waals surface area (Å²) in [5.41, 5.74) is 7.48. The van der Waals surface area contributed by atoms with Gasteiger partial charge in [0.1, 0.15) is 0 Å². The van der Waals surface area contributed by atoms with Crippen LogP contribution in [0.3, 0.4) is 0 Å². The van der Waals surface area contributed by atoms with Gasteiger partial charge in [0.15, 0.2) is 17.0 Å². The van der Waals surface area contributed by atoms with Gasteiger partial charge in [-0.15, -0.1) is 0 Å². The fourth-order valence-electron chi connectivity index (χ4n) is 5.18. The second-order valence-electron chi connectivity index (χ2n) is 9.97. The number of aryl methyl sites for hydroxylation is 1. The van der Waals surface area contributed by atoms with Gasteiger partial charge in [-0.3, -0.25) is 10.2 Å². The van der Waals surface area contributed by atoms with Crippen molar-refractivity contribution in [1.82, 2.24) is 24.4 Å². The first-order valence-corrected chi connectivity index (χ1v) is 13.4. The van der Waals surface area contributed by atoms with Gasteiger partial charge in [0, 0.05) is 37.8 Å². The first-order valence-electron chi connectivity index (χ1n) is 13.4. The van der Waals surface area contributed by atoms with Gasteiger partial charge in [-0.05, 0) is 37.5 Å². The number of fused-ring (bicyclic) bond motifs is 1. The first kappa shape index (κ1) is 25.0. The Morgan fingerprint density at radius 2 is 1.82 bits per heavy atom. The Morgan fingerprint density at radius 1 is 1.03 bits per heavy atom. The van der Waals surface area contributed by atoms with Gasteiger partial charge in [-0.1, -0.05) is 48.0 Å². The first-order chi connectivity index (χ1) is 19.2. The van der Waals surface area contributed by atoms with E-state index in [-0.39, 0.29) is 11.9 Å². The van der Waals surface area contributed by atoms with E-state index in [1.54, 1.807) is 6.21 Å². The van der Waals surface area contributed by atoms with E-state index >= 15 is 0 Å². The molecule has 1 amide bonds. The highest BCUT2D eigenvalue weighted by Crippen LogP contribution is 2.30. The number of benzene rings is 2. The molecule has 1 N–H and O–H groups in total. The van der Waals surface area contributed by atoms with E-state index in [4.69, 9.17) is 19.7 Å². The molecule has 2 aromatic carbocycles. The third-order valence-electron chi connectivity index (χ3n) is 7.30. The Labute approximate surface area is 227 Å². The number of carbonyl (C=O) groups excluding carboxylic acids is 1. The lowest BCUT2D eigenvalue weighted by atomic mass is 10.0. The van der Waals surface area contributed by atoms with Crippen molar-refractivity contribution in [1.29, 1.82) is 0 Å². The number of anilines is 2. The molecular formula is C29H32N8O2. The quantitative estimate of drug-likeness (QED) is 0.302. The fraction of sp³-hybridized carbons (Fsp3) is 0.345. The van der Waals surface area contributed by atoms with Crippen LogP contribution >= 0.6 is 0 Å². The maximum absolute atomic E-state index is 12.9. The van der Waals surface area contributed by atoms with E-state index in [1.807, 2.05) is 53.7 Å². The number of morpholine rings is 1. The second-order valence-corrected chi connectivity index (χ2v) is 9.97. The average molecular weight is 525 g/mol. The van der Waals surface area contributed by atoms with Crippen molar-refractivity contribution in [2.45, 2.75) is 25.8 Å². The number of nitrogens with one attached hydrogen (secondary N) is 1. The van der Waals surface area contributed by atoms with Crippen molar-refractivity contribution in [3.8, 4) is 0 Å². The van der Waals surface area contributed by atoms with E-state index in [2.05, 4.69) is 39.1 Å². The molecule has 2 aromatic heterocycles. The summed E-state index contributed by atoms with van der Waals surface area (Å²) >= 11 is 0. The van der Waals surface area contributed by atoms with Crippen molar-refractivity contribution >= 4 is 35.1 Å². The van der Waals surface area contributed by atoms with Crippen LogP contribution < -0.4 is 10.3 Å². The molecule has 0 bridgehead atoms. The molecule has 200 valence electrons. The molecule has 39 heavy (non-hydrogen) atoms. The number of likely N-dealkylation sites (tertiary alicyclic amines) is 1. The molecule has 6 rings (SSSR count). The number of aromatic nitrogens is 4. The summed E-state index contributed by atoms with van der Waals surface area (Å²) in [4.78, 5) is 31.5. The highest BCUT2D eigenvalue weighted by molar-refractivity contribution is 5.94. The summed E-state index contributed by atoms with van der Waals surface area (Å²) in [5, 5.41) is 4.47. The van der Waals surface area contributed by atoms with Gasteiger partial charge in [-0.2, -0.15) is 15.1 Å². The van der Waals surface area contributed by atoms with E-state index in [1.165, 1.54) is 5.56 Å². The summed E-state index contributed by atoms with van der Waals surface area (Å²) in [6.07, 6.45) is 5.29. The number of ether oxygens (including phenoxy) is 1. The predicted molar refractivity (Wildman–Crippen MR) is 151 cm³/mol. The highest BCUT2D eigenvalue weighted by Gasteiger charge is 2.27. The van der Waals surface area contributed by atoms with Crippen LogP contribution in [0.1, 0.15) is 40.4 Å². The minimum absolute atomic E-state index is 0.0828. The molecule has 4 aromatic rings. The lowest BCUT2D eigenvalue weighted by Gasteiger charge is -2.33. The van der Waals surface area contributed by atoms with Crippen LogP contribution in [0.15, 0.2) is 66.0 Å². The van der Waals surface area contributed by atoms with Crippen molar-refractivity contribution in [2.75, 3.05) is 49.7 Å². The SMILES string of the molecule is Cc1cccc(C=NNc2nc(N3CCOCC3)nc3c2ncn3C2CCN(C(=O)c3ccccc3)CC2)c1. The lowest BCUT2D eigenvalue weighted by molar-refractivity contribution is 0.0696. The number of carbonyl (C=O) groups is 1. The molecule has 0 saturated carbocycles. The monoisotopic (exact) mass is 524 g/mol. The Bertz CT molecular complexity index is 1470. The summed E-state index contributed by atoms with van der Waals surface area (Å²) < 4.78 is 7.68. The molecule has 0 aliphatic carbocycles. The Morgan fingerprint density at radius 3 is 2.59 bits per heavy atom. The number of piperidine rings is 1. The maximum atomic E-state index is 12.9. The van der Waals surface area contributed by atoms with Crippen LogP contribution in [-0.2, 0) is 4.74 Å². The molecule has 0 spiro atoms. The lowest BCUT2D eigenvalue weighted by Crippen LogP contribution is -2.39. The standard InChI is InChI=1S/C29H32N8O2/c1-21-6-5-7-22(18-21)19-31-34-26-25-27(33-29(32-26)36-14-16-39-17-15-36)37(20-30-25)24-10-12-35(13-11-24)28(38)23-8-3-2-4-9-23/h2-9,18-20,24H,10-17H2,1H3,(H,32,33,34). The van der Waals surface area contributed by atoms with Crippen LogP contribution in [0.2, 0.25) is 0 Å². The summed E-state index contributed by atoms with van der Waals surface area (Å²) in [6.45, 7) is 6.17. The highest BCUT2D eigenvalue weighted by atomic mass is 16.5. The number of hydrogen-bond acceptors (Lipinski definition) is 8. The van der Waals surface area contributed by atoms with Gasteiger partial charge in [0.25, 0.3) is 5.91 Å². The van der Waals surface area contributed by atoms with Crippen LogP contribution in [0, 0.1) is 6.92 Å². The topological polar surface area (TPSA) is 101 Å². The van der Waals surface area contributed by atoms with E-state index in [9.17, 15) is 4.79 Å². The van der Waals surface area contributed by atoms with Crippen LogP contribution in [0.25, 0.3) is 11.2 Å². The molecule has 2 aliphatic heterocycles. The van der Waals surface area contributed by atoms with Gasteiger partial charge < -0.3 is 19.1 Å². The number of imidazole rings is 1. The minimum atomic E-state index is 0.0828. The van der Waals surface area contributed by atoms with Gasteiger partial charge in [-0.25, -0.2) is 4.98 Å². The maximum Gasteiger partial charge on any atom is 0.253 e. The third-order valence-corrected chi connectivity index (χ3v) is 7.30. The van der Waals surface area contributed by atoms with Crippen molar-refractivity contribution in [3.05, 3.63) is 77.6 Å². The van der Waals surface area contributed by atoms with E-state index in [0.717, 1.165) is 42.7 Å². The predicted octanol–water partition coefficient (Wildman–Crippen LogP) is 3.89. The molecule has 4 heterocycles.